The quantitative estimate of drug-likeness (QED) is 0.335. The zero-order valence-corrected chi connectivity index (χ0v) is 21.4. The molecule has 3 heterocycles. The molecule has 0 aliphatic heterocycles. The van der Waals surface area contributed by atoms with Gasteiger partial charge in [0.2, 0.25) is 0 Å². The summed E-state index contributed by atoms with van der Waals surface area (Å²) >= 11 is 0. The molecular formula is C25H29N9O4. The number of hydrogen-bond acceptors (Lipinski definition) is 10. The van der Waals surface area contributed by atoms with Gasteiger partial charge in [0, 0.05) is 7.05 Å². The molecule has 1 aliphatic rings. The van der Waals surface area contributed by atoms with Crippen LogP contribution in [-0.4, -0.2) is 64.5 Å². The van der Waals surface area contributed by atoms with Gasteiger partial charge >= 0.3 is 5.97 Å². The number of nitrogens with zero attached hydrogens (tertiary/aromatic N) is 8. The second kappa shape index (κ2) is 10.8. The highest BCUT2D eigenvalue weighted by Gasteiger charge is 2.28. The fourth-order valence-corrected chi connectivity index (χ4v) is 4.51. The van der Waals surface area contributed by atoms with Crippen molar-refractivity contribution in [3.63, 3.8) is 0 Å². The van der Waals surface area contributed by atoms with Crippen LogP contribution in [0.1, 0.15) is 37.1 Å². The molecule has 0 bridgehead atoms. The van der Waals surface area contributed by atoms with Crippen molar-refractivity contribution >= 4 is 11.9 Å². The van der Waals surface area contributed by atoms with Crippen LogP contribution in [0.2, 0.25) is 0 Å². The van der Waals surface area contributed by atoms with Crippen LogP contribution in [-0.2, 0) is 18.4 Å². The fraction of sp³-hybridized carbons (Fsp3) is 0.400. The molecule has 13 heteroatoms. The molecule has 0 amide bonds. The van der Waals surface area contributed by atoms with E-state index in [0.717, 1.165) is 30.0 Å². The van der Waals surface area contributed by atoms with Crippen LogP contribution in [0, 0.1) is 12.8 Å². The molecule has 0 saturated heterocycles. The van der Waals surface area contributed by atoms with Crippen LogP contribution in [0.3, 0.4) is 0 Å². The van der Waals surface area contributed by atoms with Gasteiger partial charge < -0.3 is 19.9 Å². The first-order valence-corrected chi connectivity index (χ1v) is 12.4. The van der Waals surface area contributed by atoms with Crippen molar-refractivity contribution < 1.29 is 19.4 Å². The van der Waals surface area contributed by atoms with Crippen molar-refractivity contribution in [1.82, 2.24) is 40.2 Å². The Morgan fingerprint density at radius 3 is 2.68 bits per heavy atom. The molecule has 3 aromatic heterocycles. The number of pyridine rings is 1. The second-order valence-corrected chi connectivity index (χ2v) is 9.18. The Labute approximate surface area is 218 Å². The minimum Gasteiger partial charge on any atom is -0.497 e. The zero-order chi connectivity index (χ0) is 26.6. The Balaban J connectivity index is 1.27. The maximum absolute atomic E-state index is 11.4. The Kier molecular flexibility index (Phi) is 7.15. The molecular weight excluding hydrogens is 490 g/mol. The monoisotopic (exact) mass is 519 g/mol. The lowest BCUT2D eigenvalue weighted by molar-refractivity contribution is -0.143. The van der Waals surface area contributed by atoms with Crippen molar-refractivity contribution in [2.75, 3.05) is 12.4 Å². The number of carboxylic acid groups (broad SMARTS) is 1. The molecule has 4 aromatic rings. The number of rotatable bonds is 9. The van der Waals surface area contributed by atoms with E-state index in [9.17, 15) is 9.90 Å². The van der Waals surface area contributed by atoms with Gasteiger partial charge in [0.15, 0.2) is 0 Å². The number of aryl methyl sites for hydroxylation is 2. The van der Waals surface area contributed by atoms with Crippen molar-refractivity contribution in [1.29, 1.82) is 0 Å². The van der Waals surface area contributed by atoms with Crippen LogP contribution < -0.4 is 14.8 Å². The third-order valence-corrected chi connectivity index (χ3v) is 6.62. The van der Waals surface area contributed by atoms with Gasteiger partial charge in [-0.2, -0.15) is 0 Å². The maximum Gasteiger partial charge on any atom is 0.306 e. The number of aromatic nitrogens is 8. The predicted octanol–water partition coefficient (Wildman–Crippen LogP) is 2.80. The summed E-state index contributed by atoms with van der Waals surface area (Å²) in [4.78, 5) is 17.5. The van der Waals surface area contributed by atoms with Crippen LogP contribution in [0.25, 0.3) is 17.1 Å². The van der Waals surface area contributed by atoms with E-state index in [4.69, 9.17) is 14.5 Å². The number of nitrogens with one attached hydrogen (secondary N) is 1. The number of carbonyl (C=O) groups is 1. The number of methoxy groups -OCH3 is 1. The van der Waals surface area contributed by atoms with Crippen molar-refractivity contribution in [3.05, 3.63) is 47.8 Å². The summed E-state index contributed by atoms with van der Waals surface area (Å²) in [7, 11) is 3.42. The smallest absolute Gasteiger partial charge is 0.306 e. The molecule has 0 spiro atoms. The van der Waals surface area contributed by atoms with Crippen LogP contribution in [0.5, 0.6) is 11.5 Å². The third kappa shape index (κ3) is 5.41. The van der Waals surface area contributed by atoms with E-state index < -0.39 is 5.97 Å². The molecule has 2 N–H and O–H groups in total. The molecule has 0 unspecified atom stereocenters. The number of aliphatic carboxylic acids is 1. The average Bonchev–Trinajstić information content (AvgIpc) is 3.55. The van der Waals surface area contributed by atoms with Gasteiger partial charge in [-0.15, -0.1) is 15.0 Å². The molecule has 1 fully saturated rings. The first-order chi connectivity index (χ1) is 18.4. The van der Waals surface area contributed by atoms with Gasteiger partial charge in [0.1, 0.15) is 17.2 Å². The highest BCUT2D eigenvalue weighted by molar-refractivity contribution is 5.70. The molecule has 1 aromatic carbocycles. The zero-order valence-electron chi connectivity index (χ0n) is 21.4. The summed E-state index contributed by atoms with van der Waals surface area (Å²) < 4.78 is 13.0. The summed E-state index contributed by atoms with van der Waals surface area (Å²) in [6, 6.07) is 11.0. The molecule has 198 valence electrons. The summed E-state index contributed by atoms with van der Waals surface area (Å²) in [6.45, 7) is 2.22. The Morgan fingerprint density at radius 2 is 1.95 bits per heavy atom. The lowest BCUT2D eigenvalue weighted by atomic mass is 9.87. The highest BCUT2D eigenvalue weighted by atomic mass is 16.5. The molecule has 13 nitrogen and oxygen atoms in total. The van der Waals surface area contributed by atoms with Crippen molar-refractivity contribution in [2.24, 2.45) is 13.0 Å². The minimum absolute atomic E-state index is 0.133. The SMILES string of the molecule is COc1ccc(-n2nnc(NCc3c(-c4ccc(O[C@H]5CCC[C@@H](C(=O)O)C5)c(C)n4)nnn3C)n2)cc1. The van der Waals surface area contributed by atoms with E-state index in [0.29, 0.717) is 48.2 Å². The lowest BCUT2D eigenvalue weighted by Crippen LogP contribution is -2.29. The van der Waals surface area contributed by atoms with E-state index >= 15 is 0 Å². The highest BCUT2D eigenvalue weighted by Crippen LogP contribution is 2.30. The first kappa shape index (κ1) is 25.1. The van der Waals surface area contributed by atoms with Gasteiger partial charge in [0.05, 0.1) is 48.4 Å². The summed E-state index contributed by atoms with van der Waals surface area (Å²) in [5.41, 5.74) is 3.53. The Morgan fingerprint density at radius 1 is 1.13 bits per heavy atom. The first-order valence-electron chi connectivity index (χ1n) is 12.4. The van der Waals surface area contributed by atoms with Crippen LogP contribution in [0.15, 0.2) is 36.4 Å². The number of anilines is 1. The Bertz CT molecular complexity index is 1420. The van der Waals surface area contributed by atoms with E-state index in [-0.39, 0.29) is 12.0 Å². The lowest BCUT2D eigenvalue weighted by Gasteiger charge is -2.27. The van der Waals surface area contributed by atoms with Gasteiger partial charge in [-0.1, -0.05) is 10.3 Å². The van der Waals surface area contributed by atoms with Crippen molar-refractivity contribution in [3.8, 4) is 28.6 Å². The number of carboxylic acids is 1. The van der Waals surface area contributed by atoms with Crippen LogP contribution in [0.4, 0.5) is 5.95 Å². The maximum atomic E-state index is 11.4. The van der Waals surface area contributed by atoms with E-state index in [2.05, 4.69) is 31.0 Å². The summed E-state index contributed by atoms with van der Waals surface area (Å²) in [5, 5.41) is 33.6. The van der Waals surface area contributed by atoms with Gasteiger partial charge in [-0.25, -0.2) is 9.67 Å². The molecule has 38 heavy (non-hydrogen) atoms. The number of hydrogen-bond donors (Lipinski definition) is 2. The number of ether oxygens (including phenoxy) is 2. The molecule has 2 atom stereocenters. The largest absolute Gasteiger partial charge is 0.497 e. The topological polar surface area (TPSA) is 155 Å². The standard InChI is InChI=1S/C25H29N9O4/c1-15-22(38-19-6-4-5-16(13-19)24(35)36)12-11-20(27-15)23-21(33(2)31-28-23)14-26-25-29-32-34(30-25)17-7-9-18(37-3)10-8-17/h7-12,16,19H,4-6,13-14H2,1-3H3,(H,26,30)(H,35,36)/t16-,19+/m1/s1. The molecule has 0 radical (unpaired) electrons. The fourth-order valence-electron chi connectivity index (χ4n) is 4.51. The Hall–Kier alpha value is -4.55. The predicted molar refractivity (Wildman–Crippen MR) is 136 cm³/mol. The molecule has 1 saturated carbocycles. The van der Waals surface area contributed by atoms with E-state index in [1.165, 1.54) is 4.80 Å². The third-order valence-electron chi connectivity index (χ3n) is 6.62. The van der Waals surface area contributed by atoms with E-state index in [1.54, 1.807) is 18.8 Å². The summed E-state index contributed by atoms with van der Waals surface area (Å²) in [6.07, 6.45) is 2.74. The molecule has 1 aliphatic carbocycles. The number of benzene rings is 1. The van der Waals surface area contributed by atoms with E-state index in [1.807, 2.05) is 43.3 Å². The normalized spacial score (nSPS) is 17.2. The number of tetrazole rings is 1. The van der Waals surface area contributed by atoms with Gasteiger partial charge in [0.25, 0.3) is 5.95 Å². The van der Waals surface area contributed by atoms with Crippen LogP contribution >= 0.6 is 0 Å². The molecule has 5 rings (SSSR count). The second-order valence-electron chi connectivity index (χ2n) is 9.18. The van der Waals surface area contributed by atoms with Gasteiger partial charge in [-0.3, -0.25) is 4.79 Å². The van der Waals surface area contributed by atoms with Crippen molar-refractivity contribution in [2.45, 2.75) is 45.3 Å². The van der Waals surface area contributed by atoms with Gasteiger partial charge in [-0.05, 0) is 74.2 Å². The minimum atomic E-state index is -0.759. The average molecular weight is 520 g/mol. The summed E-state index contributed by atoms with van der Waals surface area (Å²) in [5.74, 6) is 0.627.